The summed E-state index contributed by atoms with van der Waals surface area (Å²) in [5.41, 5.74) is 0. The molecule has 1 fully saturated rings. The van der Waals surface area contributed by atoms with E-state index in [9.17, 15) is 4.79 Å². The van der Waals surface area contributed by atoms with Crippen LogP contribution in [0.15, 0.2) is 0 Å². The van der Waals surface area contributed by atoms with Gasteiger partial charge in [-0.15, -0.1) is 0 Å². The van der Waals surface area contributed by atoms with E-state index < -0.39 is 0 Å². The van der Waals surface area contributed by atoms with Gasteiger partial charge >= 0.3 is 0 Å². The fraction of sp³-hybridized carbons (Fsp3) is 0.941. The maximum Gasteiger partial charge on any atom is 0.237 e. The van der Waals surface area contributed by atoms with Gasteiger partial charge in [-0.25, -0.2) is 0 Å². The van der Waals surface area contributed by atoms with Crippen LogP contribution in [0, 0.1) is 5.92 Å². The highest BCUT2D eigenvalue weighted by Crippen LogP contribution is 2.17. The predicted molar refractivity (Wildman–Crippen MR) is 89.4 cm³/mol. The molecule has 0 aromatic rings. The Kier molecular flexibility index (Phi) is 8.93. The van der Waals surface area contributed by atoms with Gasteiger partial charge in [0, 0.05) is 19.1 Å². The van der Waals surface area contributed by atoms with Crippen LogP contribution in [-0.2, 0) is 4.79 Å². The number of hydrogen-bond acceptors (Lipinski definition) is 3. The van der Waals surface area contributed by atoms with E-state index in [1.54, 1.807) is 0 Å². The minimum absolute atomic E-state index is 0.0264. The highest BCUT2D eigenvalue weighted by molar-refractivity contribution is 5.81. The molecule has 2 N–H and O–H groups in total. The standard InChI is InChI=1S/C17H35N3O/c1-5-6-7-10-19-17(21)15(4)20(14(2)3)13-16-8-11-18-12-9-16/h14-16,18H,5-13H2,1-4H3,(H,19,21). The molecule has 4 nitrogen and oxygen atoms in total. The van der Waals surface area contributed by atoms with E-state index in [1.165, 1.54) is 25.7 Å². The molecule has 1 atom stereocenters. The van der Waals surface area contributed by atoms with Crippen molar-refractivity contribution in [2.24, 2.45) is 5.92 Å². The molecule has 0 aromatic heterocycles. The van der Waals surface area contributed by atoms with Crippen molar-refractivity contribution in [3.05, 3.63) is 0 Å². The average Bonchev–Trinajstić information content (AvgIpc) is 2.49. The minimum atomic E-state index is -0.0264. The molecule has 1 rings (SSSR count). The van der Waals surface area contributed by atoms with Crippen LogP contribution in [0.1, 0.15) is 59.8 Å². The van der Waals surface area contributed by atoms with E-state index in [2.05, 4.69) is 43.2 Å². The lowest BCUT2D eigenvalue weighted by atomic mass is 9.96. The fourth-order valence-corrected chi connectivity index (χ4v) is 3.06. The molecule has 0 aromatic carbocycles. The molecule has 0 aliphatic carbocycles. The highest BCUT2D eigenvalue weighted by Gasteiger charge is 2.26. The lowest BCUT2D eigenvalue weighted by Gasteiger charge is -2.36. The molecule has 0 spiro atoms. The Bertz CT molecular complexity index is 288. The number of carbonyl (C=O) groups excluding carboxylic acids is 1. The van der Waals surface area contributed by atoms with Crippen LogP contribution in [0.5, 0.6) is 0 Å². The molecule has 1 saturated heterocycles. The Morgan fingerprint density at radius 1 is 1.24 bits per heavy atom. The maximum absolute atomic E-state index is 12.3. The number of amides is 1. The highest BCUT2D eigenvalue weighted by atomic mass is 16.2. The molecule has 0 saturated carbocycles. The third kappa shape index (κ3) is 6.79. The Labute approximate surface area is 131 Å². The second-order valence-electron chi connectivity index (χ2n) is 6.66. The van der Waals surface area contributed by atoms with Gasteiger partial charge in [0.25, 0.3) is 0 Å². The summed E-state index contributed by atoms with van der Waals surface area (Å²) in [7, 11) is 0. The number of nitrogens with zero attached hydrogens (tertiary/aromatic N) is 1. The molecule has 1 aliphatic rings. The van der Waals surface area contributed by atoms with Gasteiger partial charge in [0.2, 0.25) is 5.91 Å². The zero-order valence-corrected chi connectivity index (χ0v) is 14.5. The summed E-state index contributed by atoms with van der Waals surface area (Å²) in [5.74, 6) is 0.915. The van der Waals surface area contributed by atoms with Crippen molar-refractivity contribution in [3.8, 4) is 0 Å². The number of nitrogens with one attached hydrogen (secondary N) is 2. The van der Waals surface area contributed by atoms with Gasteiger partial charge in [-0.05, 0) is 59.0 Å². The van der Waals surface area contributed by atoms with Crippen LogP contribution in [0.2, 0.25) is 0 Å². The van der Waals surface area contributed by atoms with Crippen LogP contribution in [0.25, 0.3) is 0 Å². The number of rotatable bonds is 9. The molecule has 21 heavy (non-hydrogen) atoms. The first-order chi connectivity index (χ1) is 10.1. The fourth-order valence-electron chi connectivity index (χ4n) is 3.06. The normalized spacial score (nSPS) is 18.2. The second kappa shape index (κ2) is 10.2. The number of hydrogen-bond donors (Lipinski definition) is 2. The van der Waals surface area contributed by atoms with Crippen molar-refractivity contribution in [3.63, 3.8) is 0 Å². The van der Waals surface area contributed by atoms with Gasteiger partial charge in [-0.2, -0.15) is 0 Å². The first-order valence-corrected chi connectivity index (χ1v) is 8.80. The Morgan fingerprint density at radius 2 is 1.90 bits per heavy atom. The minimum Gasteiger partial charge on any atom is -0.355 e. The van der Waals surface area contributed by atoms with Crippen molar-refractivity contribution >= 4 is 5.91 Å². The van der Waals surface area contributed by atoms with E-state index in [0.29, 0.717) is 6.04 Å². The van der Waals surface area contributed by atoms with E-state index in [4.69, 9.17) is 0 Å². The summed E-state index contributed by atoms with van der Waals surface area (Å²) in [5, 5.41) is 6.51. The quantitative estimate of drug-likeness (QED) is 0.642. The van der Waals surface area contributed by atoms with Gasteiger partial charge in [-0.3, -0.25) is 9.69 Å². The Balaban J connectivity index is 2.43. The van der Waals surface area contributed by atoms with Gasteiger partial charge in [0.1, 0.15) is 0 Å². The molecule has 4 heteroatoms. The molecular formula is C17H35N3O. The average molecular weight is 297 g/mol. The van der Waals surface area contributed by atoms with Crippen LogP contribution in [0.4, 0.5) is 0 Å². The van der Waals surface area contributed by atoms with Crippen molar-refractivity contribution in [1.82, 2.24) is 15.5 Å². The topological polar surface area (TPSA) is 44.4 Å². The van der Waals surface area contributed by atoms with Crippen LogP contribution < -0.4 is 10.6 Å². The molecule has 124 valence electrons. The number of unbranched alkanes of at least 4 members (excludes halogenated alkanes) is 2. The molecule has 1 unspecified atom stereocenters. The molecule has 0 radical (unpaired) electrons. The van der Waals surface area contributed by atoms with E-state index in [1.807, 2.05) is 0 Å². The van der Waals surface area contributed by atoms with Gasteiger partial charge in [0.05, 0.1) is 6.04 Å². The summed E-state index contributed by atoms with van der Waals surface area (Å²) in [4.78, 5) is 14.7. The van der Waals surface area contributed by atoms with E-state index in [0.717, 1.165) is 38.5 Å². The smallest absolute Gasteiger partial charge is 0.237 e. The summed E-state index contributed by atoms with van der Waals surface area (Å²) in [6.07, 6.45) is 5.93. The maximum atomic E-state index is 12.3. The first-order valence-electron chi connectivity index (χ1n) is 8.80. The summed E-state index contributed by atoms with van der Waals surface area (Å²) in [6.45, 7) is 12.7. The number of piperidine rings is 1. The lowest BCUT2D eigenvalue weighted by Crippen LogP contribution is -2.50. The number of carbonyl (C=O) groups is 1. The summed E-state index contributed by atoms with van der Waals surface area (Å²) >= 11 is 0. The largest absolute Gasteiger partial charge is 0.355 e. The van der Waals surface area contributed by atoms with Gasteiger partial charge in [-0.1, -0.05) is 19.8 Å². The summed E-state index contributed by atoms with van der Waals surface area (Å²) in [6, 6.07) is 0.387. The van der Waals surface area contributed by atoms with Crippen molar-refractivity contribution in [2.75, 3.05) is 26.2 Å². The second-order valence-corrected chi connectivity index (χ2v) is 6.66. The van der Waals surface area contributed by atoms with Crippen LogP contribution in [0.3, 0.4) is 0 Å². The molecular weight excluding hydrogens is 262 g/mol. The SMILES string of the molecule is CCCCCNC(=O)C(C)N(CC1CCNCC1)C(C)C. The third-order valence-corrected chi connectivity index (χ3v) is 4.55. The monoisotopic (exact) mass is 297 g/mol. The van der Waals surface area contributed by atoms with Crippen molar-refractivity contribution in [2.45, 2.75) is 71.9 Å². The summed E-state index contributed by atoms with van der Waals surface area (Å²) < 4.78 is 0. The van der Waals surface area contributed by atoms with E-state index >= 15 is 0 Å². The first kappa shape index (κ1) is 18.4. The Morgan fingerprint density at radius 3 is 2.48 bits per heavy atom. The zero-order valence-electron chi connectivity index (χ0n) is 14.5. The Hall–Kier alpha value is -0.610. The zero-order chi connectivity index (χ0) is 15.7. The predicted octanol–water partition coefficient (Wildman–Crippen LogP) is 2.39. The molecule has 0 bridgehead atoms. The van der Waals surface area contributed by atoms with Gasteiger partial charge < -0.3 is 10.6 Å². The third-order valence-electron chi connectivity index (χ3n) is 4.55. The van der Waals surface area contributed by atoms with E-state index in [-0.39, 0.29) is 11.9 Å². The molecule has 1 heterocycles. The van der Waals surface area contributed by atoms with Crippen molar-refractivity contribution in [1.29, 1.82) is 0 Å². The van der Waals surface area contributed by atoms with Gasteiger partial charge in [0.15, 0.2) is 0 Å². The van der Waals surface area contributed by atoms with Crippen LogP contribution >= 0.6 is 0 Å². The lowest BCUT2D eigenvalue weighted by molar-refractivity contribution is -0.126. The van der Waals surface area contributed by atoms with Crippen LogP contribution in [-0.4, -0.2) is 49.1 Å². The molecule has 1 amide bonds. The van der Waals surface area contributed by atoms with Crippen molar-refractivity contribution < 1.29 is 4.79 Å². The molecule has 1 aliphatic heterocycles.